The molecule has 5 heteroatoms. The number of hydrogen-bond acceptors (Lipinski definition) is 4. The van der Waals surface area contributed by atoms with Crippen molar-refractivity contribution in [1.82, 2.24) is 0 Å². The normalized spacial score (nSPS) is 12.3. The van der Waals surface area contributed by atoms with Crippen LogP contribution in [0.15, 0.2) is 24.3 Å². The summed E-state index contributed by atoms with van der Waals surface area (Å²) >= 11 is 0. The van der Waals surface area contributed by atoms with Crippen molar-refractivity contribution in [2.75, 3.05) is 20.3 Å². The van der Waals surface area contributed by atoms with Crippen molar-refractivity contribution < 1.29 is 18.3 Å². The van der Waals surface area contributed by atoms with Gasteiger partial charge in [-0.1, -0.05) is 53.7 Å². The SMILES string of the molecule is CCOP(=O)(OCC)c1cc(OC)c(C)cc1-c1c(C(C)C)cc(C(C)C)cc1C(C)C. The number of aryl methyl sites for hydroxylation is 1. The van der Waals surface area contributed by atoms with Crippen LogP contribution in [0.1, 0.15) is 95.4 Å². The third kappa shape index (κ3) is 5.47. The Hall–Kier alpha value is -1.61. The molecule has 32 heavy (non-hydrogen) atoms. The van der Waals surface area contributed by atoms with Gasteiger partial charge >= 0.3 is 7.60 Å². The summed E-state index contributed by atoms with van der Waals surface area (Å²) in [5.41, 5.74) is 6.88. The van der Waals surface area contributed by atoms with Gasteiger partial charge < -0.3 is 13.8 Å². The fourth-order valence-electron chi connectivity index (χ4n) is 4.11. The highest BCUT2D eigenvalue weighted by Crippen LogP contribution is 2.52. The molecule has 0 aromatic heterocycles. The van der Waals surface area contributed by atoms with E-state index in [1.54, 1.807) is 7.11 Å². The van der Waals surface area contributed by atoms with Gasteiger partial charge in [-0.3, -0.25) is 4.57 Å². The average Bonchev–Trinajstić information content (AvgIpc) is 2.72. The Kier molecular flexibility index (Phi) is 9.16. The molecular weight excluding hydrogens is 419 g/mol. The van der Waals surface area contributed by atoms with Crippen molar-refractivity contribution in [3.05, 3.63) is 46.5 Å². The molecule has 0 amide bonds. The number of methoxy groups -OCH3 is 1. The largest absolute Gasteiger partial charge is 0.496 e. The Bertz CT molecular complexity index is 937. The van der Waals surface area contributed by atoms with E-state index in [-0.39, 0.29) is 0 Å². The standard InChI is InChI=1S/C27H41O4P/c1-11-30-32(28,31-12-2)26-16-25(29-10)20(9)13-24(26)27-22(18(5)6)14-21(17(3)4)15-23(27)19(7)8/h13-19H,11-12H2,1-10H3. The smallest absolute Gasteiger partial charge is 0.362 e. The van der Waals surface area contributed by atoms with Gasteiger partial charge in [0.05, 0.1) is 25.6 Å². The first-order chi connectivity index (χ1) is 15.0. The molecule has 0 unspecified atom stereocenters. The van der Waals surface area contributed by atoms with Crippen molar-refractivity contribution in [3.63, 3.8) is 0 Å². The Morgan fingerprint density at radius 1 is 0.812 bits per heavy atom. The Labute approximate surface area is 195 Å². The van der Waals surface area contributed by atoms with Crippen molar-refractivity contribution in [2.45, 2.75) is 80.1 Å². The maximum absolute atomic E-state index is 14.0. The topological polar surface area (TPSA) is 44.8 Å². The Morgan fingerprint density at radius 3 is 1.69 bits per heavy atom. The van der Waals surface area contributed by atoms with Crippen molar-refractivity contribution >= 4 is 12.9 Å². The van der Waals surface area contributed by atoms with E-state index in [2.05, 4.69) is 59.7 Å². The number of ether oxygens (including phenoxy) is 1. The predicted molar refractivity (Wildman–Crippen MR) is 136 cm³/mol. The summed E-state index contributed by atoms with van der Waals surface area (Å²) in [6.07, 6.45) is 0. The minimum atomic E-state index is -3.55. The molecule has 4 nitrogen and oxygen atoms in total. The summed E-state index contributed by atoms with van der Waals surface area (Å²) in [5, 5.41) is 0.574. The first-order valence-corrected chi connectivity index (χ1v) is 13.3. The van der Waals surface area contributed by atoms with Crippen LogP contribution in [0.2, 0.25) is 0 Å². The van der Waals surface area contributed by atoms with Gasteiger partial charge in [-0.25, -0.2) is 0 Å². The van der Waals surface area contributed by atoms with E-state index in [0.29, 0.717) is 42.0 Å². The van der Waals surface area contributed by atoms with Gasteiger partial charge in [0, 0.05) is 0 Å². The minimum Gasteiger partial charge on any atom is -0.496 e. The first kappa shape index (κ1) is 26.6. The van der Waals surface area contributed by atoms with E-state index >= 15 is 0 Å². The summed E-state index contributed by atoms with van der Waals surface area (Å²) in [4.78, 5) is 0. The molecule has 2 aromatic carbocycles. The summed E-state index contributed by atoms with van der Waals surface area (Å²) in [6, 6.07) is 8.56. The zero-order valence-corrected chi connectivity index (χ0v) is 22.4. The fourth-order valence-corrected chi connectivity index (χ4v) is 5.89. The second kappa shape index (κ2) is 11.0. The molecule has 2 aromatic rings. The van der Waals surface area contributed by atoms with E-state index in [9.17, 15) is 4.57 Å². The third-order valence-corrected chi connectivity index (χ3v) is 7.96. The molecule has 2 rings (SSSR count). The molecular formula is C27H41O4P. The number of benzene rings is 2. The van der Waals surface area contributed by atoms with E-state index < -0.39 is 7.60 Å². The molecule has 0 heterocycles. The lowest BCUT2D eigenvalue weighted by atomic mass is 9.81. The molecule has 0 saturated carbocycles. The van der Waals surface area contributed by atoms with Crippen LogP contribution in [0.25, 0.3) is 11.1 Å². The lowest BCUT2D eigenvalue weighted by Crippen LogP contribution is -2.17. The van der Waals surface area contributed by atoms with Crippen molar-refractivity contribution in [2.24, 2.45) is 0 Å². The highest BCUT2D eigenvalue weighted by Gasteiger charge is 2.33. The zero-order chi connectivity index (χ0) is 24.2. The van der Waals surface area contributed by atoms with E-state index in [1.165, 1.54) is 16.7 Å². The molecule has 0 radical (unpaired) electrons. The molecule has 0 fully saturated rings. The lowest BCUT2D eigenvalue weighted by Gasteiger charge is -2.27. The van der Waals surface area contributed by atoms with Crippen LogP contribution >= 0.6 is 7.60 Å². The van der Waals surface area contributed by atoms with E-state index in [1.807, 2.05) is 26.8 Å². The van der Waals surface area contributed by atoms with Gasteiger partial charge in [-0.15, -0.1) is 0 Å². The summed E-state index contributed by atoms with van der Waals surface area (Å²) < 4.78 is 31.2. The highest BCUT2D eigenvalue weighted by atomic mass is 31.2. The summed E-state index contributed by atoms with van der Waals surface area (Å²) in [7, 11) is -1.91. The first-order valence-electron chi connectivity index (χ1n) is 11.8. The maximum Gasteiger partial charge on any atom is 0.362 e. The molecule has 0 aliphatic rings. The molecule has 0 aliphatic carbocycles. The third-order valence-electron chi connectivity index (χ3n) is 5.81. The lowest BCUT2D eigenvalue weighted by molar-refractivity contribution is 0.230. The van der Waals surface area contributed by atoms with Gasteiger partial charge in [0.2, 0.25) is 0 Å². The van der Waals surface area contributed by atoms with Crippen LogP contribution in [0, 0.1) is 6.92 Å². The summed E-state index contributed by atoms with van der Waals surface area (Å²) in [5.74, 6) is 1.71. The molecule has 0 aliphatic heterocycles. The predicted octanol–water partition coefficient (Wildman–Crippen LogP) is 7.93. The molecule has 0 saturated heterocycles. The van der Waals surface area contributed by atoms with Crippen LogP contribution < -0.4 is 10.0 Å². The Morgan fingerprint density at radius 2 is 1.31 bits per heavy atom. The second-order valence-electron chi connectivity index (χ2n) is 9.21. The number of hydrogen-bond donors (Lipinski definition) is 0. The van der Waals surface area contributed by atoms with Gasteiger partial charge in [0.1, 0.15) is 5.75 Å². The molecule has 0 spiro atoms. The van der Waals surface area contributed by atoms with Crippen LogP contribution in [-0.4, -0.2) is 20.3 Å². The van der Waals surface area contributed by atoms with Crippen molar-refractivity contribution in [3.8, 4) is 16.9 Å². The van der Waals surface area contributed by atoms with Crippen LogP contribution in [0.5, 0.6) is 5.75 Å². The highest BCUT2D eigenvalue weighted by molar-refractivity contribution is 7.62. The zero-order valence-electron chi connectivity index (χ0n) is 21.5. The van der Waals surface area contributed by atoms with Gasteiger partial charge in [0.15, 0.2) is 0 Å². The quantitative estimate of drug-likeness (QED) is 0.338. The van der Waals surface area contributed by atoms with Crippen molar-refractivity contribution in [1.29, 1.82) is 0 Å². The van der Waals surface area contributed by atoms with Crippen LogP contribution in [0.4, 0.5) is 0 Å². The molecule has 0 atom stereocenters. The fraction of sp³-hybridized carbons (Fsp3) is 0.556. The molecule has 178 valence electrons. The van der Waals surface area contributed by atoms with Crippen LogP contribution in [-0.2, 0) is 13.6 Å². The average molecular weight is 461 g/mol. The monoisotopic (exact) mass is 460 g/mol. The number of rotatable bonds is 10. The maximum atomic E-state index is 14.0. The van der Waals surface area contributed by atoms with E-state index in [0.717, 1.165) is 16.7 Å². The van der Waals surface area contributed by atoms with Gasteiger partial charge in [0.25, 0.3) is 0 Å². The van der Waals surface area contributed by atoms with Gasteiger partial charge in [-0.2, -0.15) is 0 Å². The van der Waals surface area contributed by atoms with Crippen LogP contribution in [0.3, 0.4) is 0 Å². The summed E-state index contributed by atoms with van der Waals surface area (Å²) in [6.45, 7) is 19.6. The minimum absolute atomic E-state index is 0.299. The molecule has 0 N–H and O–H groups in total. The Balaban J connectivity index is 3.05. The van der Waals surface area contributed by atoms with E-state index in [4.69, 9.17) is 13.8 Å². The second-order valence-corrected chi connectivity index (χ2v) is 11.2. The van der Waals surface area contributed by atoms with Gasteiger partial charge in [-0.05, 0) is 84.0 Å². The molecule has 0 bridgehead atoms.